The van der Waals surface area contributed by atoms with Crippen molar-refractivity contribution in [3.05, 3.63) is 0 Å². The molecule has 0 saturated carbocycles. The van der Waals surface area contributed by atoms with Crippen LogP contribution in [-0.2, 0) is 15.0 Å². The number of carbonyl (C=O) groups excluding carboxylic acids is 1. The van der Waals surface area contributed by atoms with E-state index in [9.17, 15) is 26.4 Å². The summed E-state index contributed by atoms with van der Waals surface area (Å²) in [4.78, 5) is 11.2. The van der Waals surface area contributed by atoms with Crippen LogP contribution in [0.4, 0.5) is 13.2 Å². The number of rotatable bonds is 5. The summed E-state index contributed by atoms with van der Waals surface area (Å²) in [6.07, 6.45) is -1.92. The van der Waals surface area contributed by atoms with E-state index in [2.05, 4.69) is 0 Å². The van der Waals surface area contributed by atoms with Crippen molar-refractivity contribution in [2.45, 2.75) is 51.2 Å². The molecule has 0 aromatic rings. The summed E-state index contributed by atoms with van der Waals surface area (Å²) < 4.78 is 63.0. The zero-order valence-corrected chi connectivity index (χ0v) is 12.1. The SMILES string of the molecule is CC(=O)CC1CCCCCN1S(=O)(=O)NCC(F)(F)F. The lowest BCUT2D eigenvalue weighted by molar-refractivity contribution is -0.122. The molecule has 1 saturated heterocycles. The van der Waals surface area contributed by atoms with Crippen molar-refractivity contribution < 1.29 is 26.4 Å². The van der Waals surface area contributed by atoms with Gasteiger partial charge in [-0.1, -0.05) is 12.8 Å². The van der Waals surface area contributed by atoms with Crippen molar-refractivity contribution in [1.82, 2.24) is 9.03 Å². The Morgan fingerprint density at radius 3 is 2.50 bits per heavy atom. The van der Waals surface area contributed by atoms with Crippen LogP contribution in [0.25, 0.3) is 0 Å². The molecular formula is C11H19F3N2O3S. The number of hydrogen-bond donors (Lipinski definition) is 1. The number of carbonyl (C=O) groups is 1. The molecule has 0 aromatic carbocycles. The van der Waals surface area contributed by atoms with Crippen LogP contribution in [0.1, 0.15) is 39.0 Å². The molecule has 20 heavy (non-hydrogen) atoms. The van der Waals surface area contributed by atoms with Crippen molar-refractivity contribution in [2.24, 2.45) is 0 Å². The first-order chi connectivity index (χ1) is 9.12. The van der Waals surface area contributed by atoms with Gasteiger partial charge in [0.2, 0.25) is 0 Å². The van der Waals surface area contributed by atoms with Gasteiger partial charge in [0, 0.05) is 19.0 Å². The minimum absolute atomic E-state index is 0.0347. The zero-order valence-electron chi connectivity index (χ0n) is 11.2. The van der Waals surface area contributed by atoms with Gasteiger partial charge < -0.3 is 0 Å². The minimum Gasteiger partial charge on any atom is -0.300 e. The molecular weight excluding hydrogens is 297 g/mol. The van der Waals surface area contributed by atoms with E-state index in [0.717, 1.165) is 17.1 Å². The van der Waals surface area contributed by atoms with E-state index < -0.39 is 29.0 Å². The molecule has 1 heterocycles. The summed E-state index contributed by atoms with van der Waals surface area (Å²) in [6, 6.07) is -0.555. The Labute approximate surface area is 116 Å². The second-order valence-electron chi connectivity index (χ2n) is 4.96. The average molecular weight is 316 g/mol. The standard InChI is InChI=1S/C11H19F3N2O3S/c1-9(17)7-10-5-3-2-4-6-16(10)20(18,19)15-8-11(12,13)14/h10,15H,2-8H2,1H3. The lowest BCUT2D eigenvalue weighted by Gasteiger charge is -2.28. The number of ketones is 1. The first kappa shape index (κ1) is 17.4. The molecule has 1 aliphatic heterocycles. The Hall–Kier alpha value is -0.670. The molecule has 0 spiro atoms. The van der Waals surface area contributed by atoms with Crippen molar-refractivity contribution in [1.29, 1.82) is 0 Å². The van der Waals surface area contributed by atoms with Crippen LogP contribution in [0.15, 0.2) is 0 Å². The summed E-state index contributed by atoms with van der Waals surface area (Å²) in [5, 5.41) is 0. The quantitative estimate of drug-likeness (QED) is 0.838. The molecule has 0 aliphatic carbocycles. The van der Waals surface area contributed by atoms with E-state index in [0.29, 0.717) is 12.8 Å². The van der Waals surface area contributed by atoms with Crippen LogP contribution in [0, 0.1) is 0 Å². The molecule has 1 fully saturated rings. The van der Waals surface area contributed by atoms with Gasteiger partial charge in [0.15, 0.2) is 0 Å². The summed E-state index contributed by atoms with van der Waals surface area (Å²) >= 11 is 0. The van der Waals surface area contributed by atoms with Gasteiger partial charge in [-0.15, -0.1) is 0 Å². The number of Topliss-reactive ketones (excluding diaryl/α,β-unsaturated/α-hetero) is 1. The Kier molecular flexibility index (Phi) is 5.96. The highest BCUT2D eigenvalue weighted by Gasteiger charge is 2.35. The van der Waals surface area contributed by atoms with Gasteiger partial charge in [-0.3, -0.25) is 4.79 Å². The minimum atomic E-state index is -4.60. The van der Waals surface area contributed by atoms with Crippen molar-refractivity contribution >= 4 is 16.0 Å². The molecule has 0 radical (unpaired) electrons. The van der Waals surface area contributed by atoms with E-state index in [4.69, 9.17) is 0 Å². The first-order valence-electron chi connectivity index (χ1n) is 6.44. The molecule has 1 atom stereocenters. The number of alkyl halides is 3. The van der Waals surface area contributed by atoms with Crippen molar-refractivity contribution in [2.75, 3.05) is 13.1 Å². The molecule has 5 nitrogen and oxygen atoms in total. The van der Waals surface area contributed by atoms with Gasteiger partial charge in [0.05, 0.1) is 0 Å². The van der Waals surface area contributed by atoms with Crippen LogP contribution in [0.3, 0.4) is 0 Å². The fourth-order valence-electron chi connectivity index (χ4n) is 2.26. The van der Waals surface area contributed by atoms with E-state index in [1.807, 2.05) is 0 Å². The van der Waals surface area contributed by atoms with Gasteiger partial charge in [0.25, 0.3) is 10.2 Å². The first-order valence-corrected chi connectivity index (χ1v) is 7.88. The van der Waals surface area contributed by atoms with Gasteiger partial charge >= 0.3 is 6.18 Å². The van der Waals surface area contributed by atoms with Gasteiger partial charge in [0.1, 0.15) is 12.3 Å². The maximum atomic E-state index is 12.1. The van der Waals surface area contributed by atoms with Crippen LogP contribution >= 0.6 is 0 Å². The van der Waals surface area contributed by atoms with E-state index in [-0.39, 0.29) is 18.7 Å². The molecule has 118 valence electrons. The third kappa shape index (κ3) is 5.76. The second kappa shape index (κ2) is 6.86. The molecule has 0 aromatic heterocycles. The molecule has 0 bridgehead atoms. The number of hydrogen-bond acceptors (Lipinski definition) is 3. The predicted molar refractivity (Wildman–Crippen MR) is 67.2 cm³/mol. The smallest absolute Gasteiger partial charge is 0.300 e. The molecule has 1 N–H and O–H groups in total. The van der Waals surface area contributed by atoms with Crippen LogP contribution in [0.2, 0.25) is 0 Å². The summed E-state index contributed by atoms with van der Waals surface area (Å²) in [5.74, 6) is -0.173. The lowest BCUT2D eigenvalue weighted by atomic mass is 10.1. The Balaban J connectivity index is 2.83. The maximum Gasteiger partial charge on any atom is 0.402 e. The molecule has 9 heteroatoms. The fourth-order valence-corrected chi connectivity index (χ4v) is 3.71. The largest absolute Gasteiger partial charge is 0.402 e. The molecule has 1 unspecified atom stereocenters. The fraction of sp³-hybridized carbons (Fsp3) is 0.909. The highest BCUT2D eigenvalue weighted by Crippen LogP contribution is 2.22. The lowest BCUT2D eigenvalue weighted by Crippen LogP contribution is -2.49. The van der Waals surface area contributed by atoms with E-state index in [1.165, 1.54) is 6.92 Å². The summed E-state index contributed by atoms with van der Waals surface area (Å²) in [6.45, 7) is -0.109. The number of nitrogens with one attached hydrogen (secondary N) is 1. The molecule has 0 amide bonds. The van der Waals surface area contributed by atoms with E-state index >= 15 is 0 Å². The molecule has 1 rings (SSSR count). The van der Waals surface area contributed by atoms with Crippen LogP contribution in [0.5, 0.6) is 0 Å². The highest BCUT2D eigenvalue weighted by molar-refractivity contribution is 7.87. The summed E-state index contributed by atoms with van der Waals surface area (Å²) in [5.41, 5.74) is 0. The summed E-state index contributed by atoms with van der Waals surface area (Å²) in [7, 11) is -4.22. The highest BCUT2D eigenvalue weighted by atomic mass is 32.2. The van der Waals surface area contributed by atoms with Gasteiger partial charge in [-0.05, 0) is 19.8 Å². The van der Waals surface area contributed by atoms with Gasteiger partial charge in [-0.25, -0.2) is 0 Å². The third-order valence-electron chi connectivity index (χ3n) is 3.11. The second-order valence-corrected chi connectivity index (χ2v) is 6.67. The van der Waals surface area contributed by atoms with Crippen LogP contribution in [-0.4, -0.2) is 43.8 Å². The third-order valence-corrected chi connectivity index (χ3v) is 4.72. The van der Waals surface area contributed by atoms with Gasteiger partial charge in [-0.2, -0.15) is 30.6 Å². The zero-order chi connectivity index (χ0) is 15.4. The molecule has 1 aliphatic rings. The van der Waals surface area contributed by atoms with E-state index in [1.54, 1.807) is 4.72 Å². The number of nitrogens with zero attached hydrogens (tertiary/aromatic N) is 1. The topological polar surface area (TPSA) is 66.5 Å². The average Bonchev–Trinajstić information content (AvgIpc) is 2.51. The Morgan fingerprint density at radius 2 is 1.95 bits per heavy atom. The number of halogens is 3. The monoisotopic (exact) mass is 316 g/mol. The Morgan fingerprint density at radius 1 is 1.30 bits per heavy atom. The Bertz CT molecular complexity index is 437. The predicted octanol–water partition coefficient (Wildman–Crippen LogP) is 1.61. The normalized spacial score (nSPS) is 22.5. The van der Waals surface area contributed by atoms with Crippen LogP contribution < -0.4 is 4.72 Å². The van der Waals surface area contributed by atoms with Crippen molar-refractivity contribution in [3.63, 3.8) is 0 Å². The maximum absolute atomic E-state index is 12.1. The van der Waals surface area contributed by atoms with Crippen molar-refractivity contribution in [3.8, 4) is 0 Å².